The molecule has 9 nitrogen and oxygen atoms in total. The van der Waals surface area contributed by atoms with E-state index in [1.165, 1.54) is 15.9 Å². The first-order chi connectivity index (χ1) is 16.0. The number of fused-ring (bicyclic) bond motifs is 1. The summed E-state index contributed by atoms with van der Waals surface area (Å²) in [5.74, 6) is -2.07. The van der Waals surface area contributed by atoms with Crippen LogP contribution < -0.4 is 10.1 Å². The predicted octanol–water partition coefficient (Wildman–Crippen LogP) is 3.68. The van der Waals surface area contributed by atoms with Crippen molar-refractivity contribution in [2.45, 2.75) is 25.1 Å². The van der Waals surface area contributed by atoms with E-state index in [4.69, 9.17) is 4.74 Å². The van der Waals surface area contributed by atoms with Gasteiger partial charge in [0.05, 0.1) is 11.6 Å². The Labute approximate surface area is 190 Å². The summed E-state index contributed by atoms with van der Waals surface area (Å²) in [6, 6.07) is 1.78. The summed E-state index contributed by atoms with van der Waals surface area (Å²) < 4.78 is 60.6. The van der Waals surface area contributed by atoms with E-state index in [0.29, 0.717) is 30.5 Å². The summed E-state index contributed by atoms with van der Waals surface area (Å²) in [6.45, 7) is 0. The van der Waals surface area contributed by atoms with Crippen molar-refractivity contribution in [3.63, 3.8) is 0 Å². The second-order valence-corrected chi connectivity index (χ2v) is 7.90. The van der Waals surface area contributed by atoms with Gasteiger partial charge in [0, 0.05) is 33.0 Å². The zero-order valence-corrected chi connectivity index (χ0v) is 18.4. The van der Waals surface area contributed by atoms with E-state index in [9.17, 15) is 27.2 Å². The molecular weight excluding hydrogens is 460 g/mol. The average molecular weight is 480 g/mol. The van der Waals surface area contributed by atoms with Crippen LogP contribution in [0.2, 0.25) is 0 Å². The zero-order chi connectivity index (χ0) is 24.8. The molecule has 180 valence electrons. The van der Waals surface area contributed by atoms with Crippen LogP contribution in [0.4, 0.5) is 28.0 Å². The minimum atomic E-state index is -4.89. The van der Waals surface area contributed by atoms with Gasteiger partial charge in [-0.1, -0.05) is 0 Å². The Morgan fingerprint density at radius 2 is 2.00 bits per heavy atom. The van der Waals surface area contributed by atoms with Crippen molar-refractivity contribution < 1.29 is 31.9 Å². The molecule has 2 heterocycles. The number of hydrogen-bond donors (Lipinski definition) is 1. The van der Waals surface area contributed by atoms with E-state index >= 15 is 0 Å². The standard InChI is InChI=1S/C21H20F4N6O3/c1-29-9-13-12(5-7-16(13)31(3)20(33)34-19-26-10-30(2)28-19)17(29)18(32)27-11-4-6-15(22)14(8-11)21(23,24)25/h4,6,8-10,16H,5,7H2,1-3H3,(H,27,32). The molecule has 0 fully saturated rings. The Kier molecular flexibility index (Phi) is 5.79. The van der Waals surface area contributed by atoms with Gasteiger partial charge in [-0.3, -0.25) is 9.48 Å². The number of carbonyl (C=O) groups is 2. The summed E-state index contributed by atoms with van der Waals surface area (Å²) in [7, 11) is 4.80. The van der Waals surface area contributed by atoms with Crippen molar-refractivity contribution in [2.24, 2.45) is 14.1 Å². The van der Waals surface area contributed by atoms with Crippen LogP contribution in [0, 0.1) is 5.82 Å². The molecule has 2 aromatic heterocycles. The van der Waals surface area contributed by atoms with Crippen LogP contribution in [0.3, 0.4) is 0 Å². The molecular formula is C21H20F4N6O3. The molecule has 1 aliphatic carbocycles. The number of alkyl halides is 3. The van der Waals surface area contributed by atoms with Gasteiger partial charge in [0.2, 0.25) is 0 Å². The minimum absolute atomic E-state index is 0.0942. The third-order valence-electron chi connectivity index (χ3n) is 5.60. The lowest BCUT2D eigenvalue weighted by molar-refractivity contribution is -0.139. The van der Waals surface area contributed by atoms with Crippen molar-refractivity contribution >= 4 is 17.7 Å². The molecule has 2 amide bonds. The van der Waals surface area contributed by atoms with Crippen molar-refractivity contribution in [3.05, 3.63) is 58.9 Å². The molecule has 0 saturated carbocycles. The van der Waals surface area contributed by atoms with Gasteiger partial charge in [0.25, 0.3) is 5.91 Å². The lowest BCUT2D eigenvalue weighted by Crippen LogP contribution is -2.32. The molecule has 0 spiro atoms. The van der Waals surface area contributed by atoms with Crippen LogP contribution in [-0.4, -0.2) is 43.3 Å². The number of aryl methyl sites for hydroxylation is 2. The summed E-state index contributed by atoms with van der Waals surface area (Å²) in [6.07, 6.45) is -1.52. The Morgan fingerprint density at radius 3 is 2.65 bits per heavy atom. The molecule has 1 atom stereocenters. The number of nitrogens with one attached hydrogen (secondary N) is 1. The number of nitrogens with zero attached hydrogens (tertiary/aromatic N) is 5. The van der Waals surface area contributed by atoms with Crippen molar-refractivity contribution in [3.8, 4) is 6.01 Å². The molecule has 0 bridgehead atoms. The summed E-state index contributed by atoms with van der Waals surface area (Å²) in [5.41, 5.74) is -0.0322. The van der Waals surface area contributed by atoms with E-state index < -0.39 is 29.6 Å². The second kappa shape index (κ2) is 8.47. The number of benzene rings is 1. The Bertz CT molecular complexity index is 1270. The first-order valence-electron chi connectivity index (χ1n) is 10.1. The number of rotatable bonds is 4. The fraction of sp³-hybridized carbons (Fsp3) is 0.333. The molecule has 1 aromatic carbocycles. The highest BCUT2D eigenvalue weighted by atomic mass is 19.4. The quantitative estimate of drug-likeness (QED) is 0.575. The number of ether oxygens (including phenoxy) is 1. The molecule has 34 heavy (non-hydrogen) atoms. The van der Waals surface area contributed by atoms with Crippen LogP contribution in [-0.2, 0) is 26.7 Å². The third kappa shape index (κ3) is 4.32. The van der Waals surface area contributed by atoms with E-state index in [-0.39, 0.29) is 23.4 Å². The maximum absolute atomic E-state index is 13.6. The van der Waals surface area contributed by atoms with Crippen molar-refractivity contribution in [2.75, 3.05) is 12.4 Å². The number of aromatic nitrogens is 4. The topological polar surface area (TPSA) is 94.3 Å². The smallest absolute Gasteiger partial charge is 0.373 e. The van der Waals surface area contributed by atoms with Crippen LogP contribution in [0.5, 0.6) is 6.01 Å². The van der Waals surface area contributed by atoms with Gasteiger partial charge in [-0.2, -0.15) is 18.2 Å². The number of halogens is 4. The summed E-state index contributed by atoms with van der Waals surface area (Å²) >= 11 is 0. The maximum atomic E-state index is 13.6. The van der Waals surface area contributed by atoms with E-state index in [1.54, 1.807) is 31.9 Å². The molecule has 4 rings (SSSR count). The van der Waals surface area contributed by atoms with Gasteiger partial charge < -0.3 is 19.5 Å². The average Bonchev–Trinajstić information content (AvgIpc) is 3.42. The Hall–Kier alpha value is -3.90. The van der Waals surface area contributed by atoms with Crippen molar-refractivity contribution in [1.29, 1.82) is 0 Å². The van der Waals surface area contributed by atoms with Gasteiger partial charge in [0.1, 0.15) is 17.8 Å². The molecule has 1 N–H and O–H groups in total. The fourth-order valence-corrected chi connectivity index (χ4v) is 4.04. The highest BCUT2D eigenvalue weighted by Gasteiger charge is 2.36. The number of amides is 2. The predicted molar refractivity (Wildman–Crippen MR) is 111 cm³/mol. The molecule has 1 aliphatic rings. The largest absolute Gasteiger partial charge is 0.419 e. The van der Waals surface area contributed by atoms with Gasteiger partial charge in [-0.05, 0) is 42.2 Å². The lowest BCUT2D eigenvalue weighted by Gasteiger charge is -2.23. The minimum Gasteiger partial charge on any atom is -0.373 e. The van der Waals surface area contributed by atoms with Crippen LogP contribution in [0.1, 0.15) is 39.6 Å². The summed E-state index contributed by atoms with van der Waals surface area (Å²) in [5, 5.41) is 6.30. The monoisotopic (exact) mass is 480 g/mol. The van der Waals surface area contributed by atoms with E-state index in [1.807, 2.05) is 0 Å². The van der Waals surface area contributed by atoms with Gasteiger partial charge in [0.15, 0.2) is 0 Å². The first-order valence-corrected chi connectivity index (χ1v) is 10.1. The van der Waals surface area contributed by atoms with Gasteiger partial charge in [-0.15, -0.1) is 5.10 Å². The Morgan fingerprint density at radius 1 is 1.26 bits per heavy atom. The first kappa shape index (κ1) is 23.3. The lowest BCUT2D eigenvalue weighted by atomic mass is 10.1. The fourth-order valence-electron chi connectivity index (χ4n) is 4.04. The number of carbonyl (C=O) groups excluding carboxylic acids is 2. The zero-order valence-electron chi connectivity index (χ0n) is 18.4. The highest BCUT2D eigenvalue weighted by molar-refractivity contribution is 6.04. The molecule has 13 heteroatoms. The SMILES string of the molecule is CN(C(=O)Oc1ncn(C)n1)C1CCc2c1cn(C)c2C(=O)Nc1ccc(F)c(C(F)(F)F)c1. The number of anilines is 1. The summed E-state index contributed by atoms with van der Waals surface area (Å²) in [4.78, 5) is 30.7. The second-order valence-electron chi connectivity index (χ2n) is 7.90. The highest BCUT2D eigenvalue weighted by Crippen LogP contribution is 2.39. The number of hydrogen-bond acceptors (Lipinski definition) is 5. The van der Waals surface area contributed by atoms with Crippen LogP contribution in [0.25, 0.3) is 0 Å². The molecule has 0 radical (unpaired) electrons. The third-order valence-corrected chi connectivity index (χ3v) is 5.60. The maximum Gasteiger partial charge on any atom is 0.419 e. The molecule has 0 aliphatic heterocycles. The molecule has 3 aromatic rings. The van der Waals surface area contributed by atoms with Gasteiger partial charge in [-0.25, -0.2) is 9.18 Å². The van der Waals surface area contributed by atoms with Crippen LogP contribution in [0.15, 0.2) is 30.7 Å². The normalized spacial score (nSPS) is 15.2. The van der Waals surface area contributed by atoms with E-state index in [2.05, 4.69) is 15.4 Å². The van der Waals surface area contributed by atoms with Crippen LogP contribution >= 0.6 is 0 Å². The van der Waals surface area contributed by atoms with Gasteiger partial charge >= 0.3 is 18.3 Å². The van der Waals surface area contributed by atoms with Crippen molar-refractivity contribution in [1.82, 2.24) is 24.2 Å². The molecule has 0 saturated heterocycles. The Balaban J connectivity index is 1.53. The van der Waals surface area contributed by atoms with E-state index in [0.717, 1.165) is 11.6 Å². The molecule has 1 unspecified atom stereocenters.